The number of hydrogen-bond acceptors (Lipinski definition) is 5. The van der Waals surface area contributed by atoms with E-state index in [0.29, 0.717) is 33.8 Å². The van der Waals surface area contributed by atoms with Crippen LogP contribution >= 0.6 is 23.4 Å². The lowest BCUT2D eigenvalue weighted by atomic mass is 10.2. The summed E-state index contributed by atoms with van der Waals surface area (Å²) in [6.45, 7) is 2.10. The fourth-order valence-electron chi connectivity index (χ4n) is 2.32. The van der Waals surface area contributed by atoms with Gasteiger partial charge < -0.3 is 9.32 Å². The first-order valence-corrected chi connectivity index (χ1v) is 8.89. The summed E-state index contributed by atoms with van der Waals surface area (Å²) in [6, 6.07) is 7.48. The Morgan fingerprint density at radius 1 is 1.39 bits per heavy atom. The van der Waals surface area contributed by atoms with Gasteiger partial charge in [0, 0.05) is 23.7 Å². The third kappa shape index (κ3) is 4.06. The first-order chi connectivity index (χ1) is 11.0. The predicted molar refractivity (Wildman–Crippen MR) is 90.4 cm³/mol. The van der Waals surface area contributed by atoms with Crippen LogP contribution in [0, 0.1) is 5.92 Å². The van der Waals surface area contributed by atoms with E-state index in [-0.39, 0.29) is 5.91 Å². The van der Waals surface area contributed by atoms with Crippen molar-refractivity contribution in [2.24, 2.45) is 5.92 Å². The van der Waals surface area contributed by atoms with E-state index in [9.17, 15) is 4.79 Å². The molecule has 1 aliphatic rings. The van der Waals surface area contributed by atoms with Gasteiger partial charge in [0.2, 0.25) is 11.8 Å². The van der Waals surface area contributed by atoms with Crippen LogP contribution in [0.25, 0.3) is 11.5 Å². The van der Waals surface area contributed by atoms with Crippen molar-refractivity contribution in [3.05, 3.63) is 29.3 Å². The molecule has 122 valence electrons. The normalized spacial score (nSPS) is 15.4. The van der Waals surface area contributed by atoms with Crippen LogP contribution in [0.1, 0.15) is 19.8 Å². The number of rotatable bonds is 6. The molecule has 1 atom stereocenters. The molecular formula is C16H18ClN3O2S. The Bertz CT molecular complexity index is 685. The lowest BCUT2D eigenvalue weighted by Crippen LogP contribution is -2.37. The zero-order valence-corrected chi connectivity index (χ0v) is 14.6. The maximum absolute atomic E-state index is 12.2. The van der Waals surface area contributed by atoms with Gasteiger partial charge in [-0.1, -0.05) is 23.4 Å². The van der Waals surface area contributed by atoms with Crippen molar-refractivity contribution >= 4 is 29.3 Å². The Morgan fingerprint density at radius 3 is 2.74 bits per heavy atom. The number of thioether (sulfide) groups is 1. The van der Waals surface area contributed by atoms with E-state index >= 15 is 0 Å². The van der Waals surface area contributed by atoms with Crippen LogP contribution in [0.5, 0.6) is 0 Å². The van der Waals surface area contributed by atoms with Gasteiger partial charge in [0.15, 0.2) is 0 Å². The highest BCUT2D eigenvalue weighted by atomic mass is 35.5. The fraction of sp³-hybridized carbons (Fsp3) is 0.438. The Balaban J connectivity index is 1.56. The standard InChI is InChI=1S/C16H18ClN3O2S/c1-10(11-3-4-11)20(2)14(21)9-23-16-19-18-15(22-16)12-5-7-13(17)8-6-12/h5-8,10-11H,3-4,9H2,1-2H3. The molecular weight excluding hydrogens is 334 g/mol. The summed E-state index contributed by atoms with van der Waals surface area (Å²) >= 11 is 7.13. The first-order valence-electron chi connectivity index (χ1n) is 7.52. The van der Waals surface area contributed by atoms with Crippen LogP contribution in [-0.4, -0.2) is 39.8 Å². The number of benzene rings is 1. The summed E-state index contributed by atoms with van der Waals surface area (Å²) in [7, 11) is 1.86. The van der Waals surface area contributed by atoms with Gasteiger partial charge in [0.05, 0.1) is 5.75 Å². The largest absolute Gasteiger partial charge is 0.411 e. The molecule has 1 amide bonds. The van der Waals surface area contributed by atoms with Crippen molar-refractivity contribution in [3.8, 4) is 11.5 Å². The fourth-order valence-corrected chi connectivity index (χ4v) is 3.14. The number of nitrogens with zero attached hydrogens (tertiary/aromatic N) is 3. The SMILES string of the molecule is CC(C1CC1)N(C)C(=O)CSc1nnc(-c2ccc(Cl)cc2)o1. The zero-order chi connectivity index (χ0) is 16.4. The number of amides is 1. The van der Waals surface area contributed by atoms with E-state index in [1.54, 1.807) is 12.1 Å². The van der Waals surface area contributed by atoms with Gasteiger partial charge in [0.1, 0.15) is 0 Å². The zero-order valence-electron chi connectivity index (χ0n) is 13.0. The third-order valence-electron chi connectivity index (χ3n) is 4.13. The third-order valence-corrected chi connectivity index (χ3v) is 5.18. The van der Waals surface area contributed by atoms with Crippen molar-refractivity contribution in [2.75, 3.05) is 12.8 Å². The van der Waals surface area contributed by atoms with Crippen LogP contribution in [0.2, 0.25) is 5.02 Å². The highest BCUT2D eigenvalue weighted by Gasteiger charge is 2.32. The highest BCUT2D eigenvalue weighted by Crippen LogP contribution is 2.35. The molecule has 0 spiro atoms. The van der Waals surface area contributed by atoms with Crippen molar-refractivity contribution < 1.29 is 9.21 Å². The minimum Gasteiger partial charge on any atom is -0.411 e. The summed E-state index contributed by atoms with van der Waals surface area (Å²) in [5.74, 6) is 1.47. The van der Waals surface area contributed by atoms with Crippen molar-refractivity contribution in [1.82, 2.24) is 15.1 Å². The molecule has 1 unspecified atom stereocenters. The molecule has 0 bridgehead atoms. The molecule has 3 rings (SSSR count). The van der Waals surface area contributed by atoms with E-state index in [4.69, 9.17) is 16.0 Å². The maximum Gasteiger partial charge on any atom is 0.277 e. The van der Waals surface area contributed by atoms with Crippen LogP contribution in [-0.2, 0) is 4.79 Å². The van der Waals surface area contributed by atoms with Gasteiger partial charge in [-0.3, -0.25) is 4.79 Å². The molecule has 1 saturated carbocycles. The summed E-state index contributed by atoms with van der Waals surface area (Å²) in [5.41, 5.74) is 0.805. The van der Waals surface area contributed by atoms with Crippen molar-refractivity contribution in [2.45, 2.75) is 31.0 Å². The molecule has 7 heteroatoms. The molecule has 1 aromatic carbocycles. The number of carbonyl (C=O) groups is 1. The predicted octanol–water partition coefficient (Wildman–Crippen LogP) is 3.74. The summed E-state index contributed by atoms with van der Waals surface area (Å²) in [4.78, 5) is 14.0. The van der Waals surface area contributed by atoms with E-state index < -0.39 is 0 Å². The first kappa shape index (κ1) is 16.3. The summed E-state index contributed by atoms with van der Waals surface area (Å²) in [5, 5.41) is 9.04. The summed E-state index contributed by atoms with van der Waals surface area (Å²) < 4.78 is 5.59. The second kappa shape index (κ2) is 6.93. The second-order valence-electron chi connectivity index (χ2n) is 5.75. The van der Waals surface area contributed by atoms with E-state index in [1.165, 1.54) is 24.6 Å². The lowest BCUT2D eigenvalue weighted by molar-refractivity contribution is -0.129. The Morgan fingerprint density at radius 2 is 2.09 bits per heavy atom. The minimum atomic E-state index is 0.0839. The van der Waals surface area contributed by atoms with Crippen molar-refractivity contribution in [3.63, 3.8) is 0 Å². The quantitative estimate of drug-likeness (QED) is 0.742. The molecule has 1 fully saturated rings. The Kier molecular flexibility index (Phi) is 4.92. The number of halogens is 1. The topological polar surface area (TPSA) is 59.2 Å². The molecule has 0 aliphatic heterocycles. The Hall–Kier alpha value is -1.53. The molecule has 23 heavy (non-hydrogen) atoms. The molecule has 0 N–H and O–H groups in total. The Labute approximate surface area is 144 Å². The van der Waals surface area contributed by atoms with Crippen LogP contribution < -0.4 is 0 Å². The molecule has 1 aromatic heterocycles. The molecule has 5 nitrogen and oxygen atoms in total. The highest BCUT2D eigenvalue weighted by molar-refractivity contribution is 7.99. The lowest BCUT2D eigenvalue weighted by Gasteiger charge is -2.24. The van der Waals surface area contributed by atoms with Crippen LogP contribution in [0.4, 0.5) is 0 Å². The van der Waals surface area contributed by atoms with Gasteiger partial charge in [0.25, 0.3) is 5.22 Å². The number of carbonyl (C=O) groups excluding carboxylic acids is 1. The smallest absolute Gasteiger partial charge is 0.277 e. The van der Waals surface area contributed by atoms with Crippen LogP contribution in [0.3, 0.4) is 0 Å². The monoisotopic (exact) mass is 351 g/mol. The molecule has 2 aromatic rings. The minimum absolute atomic E-state index is 0.0839. The maximum atomic E-state index is 12.2. The van der Waals surface area contributed by atoms with E-state index in [0.717, 1.165) is 5.56 Å². The van der Waals surface area contributed by atoms with Gasteiger partial charge in [-0.2, -0.15) is 0 Å². The van der Waals surface area contributed by atoms with Crippen LogP contribution in [0.15, 0.2) is 33.9 Å². The molecule has 1 heterocycles. The van der Waals surface area contributed by atoms with Gasteiger partial charge >= 0.3 is 0 Å². The molecule has 0 radical (unpaired) electrons. The second-order valence-corrected chi connectivity index (χ2v) is 7.11. The van der Waals surface area contributed by atoms with E-state index in [2.05, 4.69) is 17.1 Å². The number of aromatic nitrogens is 2. The van der Waals surface area contributed by atoms with Crippen molar-refractivity contribution in [1.29, 1.82) is 0 Å². The van der Waals surface area contributed by atoms with Gasteiger partial charge in [-0.05, 0) is 49.9 Å². The van der Waals surface area contributed by atoms with Gasteiger partial charge in [-0.15, -0.1) is 10.2 Å². The van der Waals surface area contributed by atoms with Gasteiger partial charge in [-0.25, -0.2) is 0 Å². The molecule has 0 saturated heterocycles. The van der Waals surface area contributed by atoms with E-state index in [1.807, 2.05) is 24.1 Å². The average Bonchev–Trinajstić information content (AvgIpc) is 3.30. The molecule has 1 aliphatic carbocycles. The average molecular weight is 352 g/mol. The number of hydrogen-bond donors (Lipinski definition) is 0. The summed E-state index contributed by atoms with van der Waals surface area (Å²) in [6.07, 6.45) is 2.44.